The van der Waals surface area contributed by atoms with E-state index in [0.29, 0.717) is 17.4 Å². The van der Waals surface area contributed by atoms with E-state index in [0.717, 1.165) is 44.6 Å². The van der Waals surface area contributed by atoms with Gasteiger partial charge in [0.05, 0.1) is 11.9 Å². The molecule has 0 atom stereocenters. The first-order valence-electron chi connectivity index (χ1n) is 10.0. The van der Waals surface area contributed by atoms with E-state index in [1.165, 1.54) is 6.07 Å². The summed E-state index contributed by atoms with van der Waals surface area (Å²) in [6.07, 6.45) is 10.6. The molecule has 0 spiro atoms. The van der Waals surface area contributed by atoms with Gasteiger partial charge in [-0.3, -0.25) is 4.98 Å². The minimum Gasteiger partial charge on any atom is -0.471 e. The first-order chi connectivity index (χ1) is 13.4. The number of allylic oxidation sites excluding steroid dienone is 1. The average molecular weight is 384 g/mol. The molecule has 0 aliphatic carbocycles. The zero-order chi connectivity index (χ0) is 20.0. The van der Waals surface area contributed by atoms with Gasteiger partial charge in [0, 0.05) is 24.7 Å². The zero-order valence-corrected chi connectivity index (χ0v) is 17.1. The van der Waals surface area contributed by atoms with Crippen molar-refractivity contribution in [2.75, 3.05) is 19.6 Å². The fourth-order valence-corrected chi connectivity index (χ4v) is 3.36. The highest BCUT2D eigenvalue weighted by atomic mass is 19.1. The van der Waals surface area contributed by atoms with Gasteiger partial charge in [-0.25, -0.2) is 9.37 Å². The predicted octanol–water partition coefficient (Wildman–Crippen LogP) is 4.76. The molecular weight excluding hydrogens is 353 g/mol. The summed E-state index contributed by atoms with van der Waals surface area (Å²) in [5, 5.41) is 0. The summed E-state index contributed by atoms with van der Waals surface area (Å²) in [6, 6.07) is 6.92. The highest BCUT2D eigenvalue weighted by Crippen LogP contribution is 2.21. The normalized spacial score (nSPS) is 16.6. The van der Waals surface area contributed by atoms with Crippen LogP contribution >= 0.6 is 0 Å². The largest absolute Gasteiger partial charge is 0.471 e. The Kier molecular flexibility index (Phi) is 6.79. The lowest BCUT2D eigenvalue weighted by Crippen LogP contribution is -2.34. The van der Waals surface area contributed by atoms with Crippen molar-refractivity contribution in [3.05, 3.63) is 59.8 Å². The SMILES string of the molecule is CC(C)(C)Oc1cncc(CCN2CCC(C=Cc3ccccc3F)CC2)n1. The summed E-state index contributed by atoms with van der Waals surface area (Å²) >= 11 is 0. The first kappa shape index (κ1) is 20.5. The molecule has 2 aromatic rings. The number of piperidine rings is 1. The van der Waals surface area contributed by atoms with Crippen molar-refractivity contribution >= 4 is 6.08 Å². The number of likely N-dealkylation sites (tertiary alicyclic amines) is 1. The summed E-state index contributed by atoms with van der Waals surface area (Å²) in [5.74, 6) is 0.941. The standard InChI is InChI=1S/C23H30FN3O/c1-23(2,3)28-22-17-25-16-20(26-22)12-15-27-13-10-18(11-14-27)8-9-19-6-4-5-7-21(19)24/h4-9,16-18H,10-15H2,1-3H3. The van der Waals surface area contributed by atoms with Crippen molar-refractivity contribution in [1.29, 1.82) is 0 Å². The molecule has 28 heavy (non-hydrogen) atoms. The molecule has 5 heteroatoms. The molecule has 1 aliphatic rings. The minimum atomic E-state index is -0.272. The zero-order valence-electron chi connectivity index (χ0n) is 17.1. The maximum absolute atomic E-state index is 13.7. The first-order valence-corrected chi connectivity index (χ1v) is 10.0. The van der Waals surface area contributed by atoms with E-state index in [-0.39, 0.29) is 11.4 Å². The molecule has 0 radical (unpaired) electrons. The van der Waals surface area contributed by atoms with Gasteiger partial charge in [-0.1, -0.05) is 30.4 Å². The Bertz CT molecular complexity index is 792. The van der Waals surface area contributed by atoms with Gasteiger partial charge in [-0.05, 0) is 58.7 Å². The summed E-state index contributed by atoms with van der Waals surface area (Å²) in [6.45, 7) is 9.09. The number of benzene rings is 1. The minimum absolute atomic E-state index is 0.157. The van der Waals surface area contributed by atoms with E-state index in [2.05, 4.69) is 20.9 Å². The highest BCUT2D eigenvalue weighted by Gasteiger charge is 2.18. The summed E-state index contributed by atoms with van der Waals surface area (Å²) in [5.41, 5.74) is 1.36. The van der Waals surface area contributed by atoms with Crippen LogP contribution in [0.3, 0.4) is 0 Å². The molecule has 0 amide bonds. The second-order valence-corrected chi connectivity index (χ2v) is 8.37. The van der Waals surface area contributed by atoms with Gasteiger partial charge < -0.3 is 9.64 Å². The van der Waals surface area contributed by atoms with Crippen molar-refractivity contribution in [3.63, 3.8) is 0 Å². The molecule has 2 heterocycles. The number of hydrogen-bond donors (Lipinski definition) is 0. The molecule has 0 saturated carbocycles. The van der Waals surface area contributed by atoms with Crippen molar-refractivity contribution in [3.8, 4) is 5.88 Å². The molecule has 1 aromatic carbocycles. The van der Waals surface area contributed by atoms with E-state index >= 15 is 0 Å². The van der Waals surface area contributed by atoms with Gasteiger partial charge in [0.15, 0.2) is 0 Å². The smallest absolute Gasteiger partial charge is 0.233 e. The summed E-state index contributed by atoms with van der Waals surface area (Å²) < 4.78 is 19.5. The van der Waals surface area contributed by atoms with E-state index in [4.69, 9.17) is 4.74 Å². The number of ether oxygens (including phenoxy) is 1. The van der Waals surface area contributed by atoms with Crippen LogP contribution in [0.1, 0.15) is 44.9 Å². The Morgan fingerprint density at radius 2 is 1.93 bits per heavy atom. The molecule has 0 N–H and O–H groups in total. The van der Waals surface area contributed by atoms with Crippen LogP contribution in [0.4, 0.5) is 4.39 Å². The Morgan fingerprint density at radius 1 is 1.18 bits per heavy atom. The molecule has 1 aromatic heterocycles. The molecule has 0 unspecified atom stereocenters. The number of rotatable bonds is 6. The molecule has 3 rings (SSSR count). The fraction of sp³-hybridized carbons (Fsp3) is 0.478. The van der Waals surface area contributed by atoms with Gasteiger partial charge in [0.25, 0.3) is 0 Å². The molecule has 1 saturated heterocycles. The lowest BCUT2D eigenvalue weighted by atomic mass is 9.95. The number of halogens is 1. The molecule has 4 nitrogen and oxygen atoms in total. The number of aromatic nitrogens is 2. The lowest BCUT2D eigenvalue weighted by molar-refractivity contribution is 0.123. The van der Waals surface area contributed by atoms with Crippen LogP contribution in [0, 0.1) is 11.7 Å². The summed E-state index contributed by atoms with van der Waals surface area (Å²) in [4.78, 5) is 11.3. The van der Waals surface area contributed by atoms with E-state index in [1.807, 2.05) is 45.2 Å². The van der Waals surface area contributed by atoms with Gasteiger partial charge in [-0.2, -0.15) is 0 Å². The van der Waals surface area contributed by atoms with E-state index < -0.39 is 0 Å². The van der Waals surface area contributed by atoms with Crippen LogP contribution in [-0.2, 0) is 6.42 Å². The third kappa shape index (κ3) is 6.41. The van der Waals surface area contributed by atoms with E-state index in [9.17, 15) is 4.39 Å². The third-order valence-electron chi connectivity index (χ3n) is 4.84. The third-order valence-corrected chi connectivity index (χ3v) is 4.84. The van der Waals surface area contributed by atoms with Crippen LogP contribution in [0.5, 0.6) is 5.88 Å². The van der Waals surface area contributed by atoms with Crippen LogP contribution in [-0.4, -0.2) is 40.1 Å². The Balaban J connectivity index is 1.45. The predicted molar refractivity (Wildman–Crippen MR) is 111 cm³/mol. The molecular formula is C23H30FN3O. The maximum atomic E-state index is 13.7. The molecule has 1 fully saturated rings. The molecule has 150 valence electrons. The van der Waals surface area contributed by atoms with Crippen molar-refractivity contribution in [2.24, 2.45) is 5.92 Å². The summed E-state index contributed by atoms with van der Waals surface area (Å²) in [7, 11) is 0. The van der Waals surface area contributed by atoms with Crippen LogP contribution < -0.4 is 4.74 Å². The number of hydrogen-bond acceptors (Lipinski definition) is 4. The molecule has 1 aliphatic heterocycles. The lowest BCUT2D eigenvalue weighted by Gasteiger charge is -2.30. The van der Waals surface area contributed by atoms with Crippen LogP contribution in [0.2, 0.25) is 0 Å². The monoisotopic (exact) mass is 383 g/mol. The fourth-order valence-electron chi connectivity index (χ4n) is 3.36. The van der Waals surface area contributed by atoms with Crippen LogP contribution in [0.25, 0.3) is 6.08 Å². The van der Waals surface area contributed by atoms with Gasteiger partial charge in [-0.15, -0.1) is 0 Å². The Hall–Kier alpha value is -2.27. The van der Waals surface area contributed by atoms with Gasteiger partial charge in [0.1, 0.15) is 11.4 Å². The maximum Gasteiger partial charge on any atom is 0.233 e. The molecule has 0 bridgehead atoms. The average Bonchev–Trinajstić information content (AvgIpc) is 2.65. The highest BCUT2D eigenvalue weighted by molar-refractivity contribution is 5.50. The van der Waals surface area contributed by atoms with Crippen molar-refractivity contribution < 1.29 is 9.13 Å². The Labute approximate surface area is 167 Å². The van der Waals surface area contributed by atoms with Crippen molar-refractivity contribution in [1.82, 2.24) is 14.9 Å². The van der Waals surface area contributed by atoms with E-state index in [1.54, 1.807) is 12.3 Å². The van der Waals surface area contributed by atoms with Gasteiger partial charge >= 0.3 is 0 Å². The quantitative estimate of drug-likeness (QED) is 0.721. The topological polar surface area (TPSA) is 38.2 Å². The second-order valence-electron chi connectivity index (χ2n) is 8.37. The van der Waals surface area contributed by atoms with Gasteiger partial charge in [0.2, 0.25) is 5.88 Å². The number of nitrogens with zero attached hydrogens (tertiary/aromatic N) is 3. The van der Waals surface area contributed by atoms with Crippen LogP contribution in [0.15, 0.2) is 42.7 Å². The van der Waals surface area contributed by atoms with Crippen molar-refractivity contribution in [2.45, 2.75) is 45.6 Å². The second kappa shape index (κ2) is 9.28. The Morgan fingerprint density at radius 3 is 2.64 bits per heavy atom.